The SMILES string of the molecule is Cc1cc(N2CC(C)C(C)C2)c(CN)c(C)n1. The second-order valence-corrected chi connectivity index (χ2v) is 5.41. The lowest BCUT2D eigenvalue weighted by Gasteiger charge is -2.23. The molecule has 1 aliphatic rings. The number of aryl methyl sites for hydroxylation is 2. The predicted molar refractivity (Wildman–Crippen MR) is 72.1 cm³/mol. The predicted octanol–water partition coefficient (Wildman–Crippen LogP) is 2.25. The molecule has 0 spiro atoms. The molecule has 2 rings (SSSR count). The van der Waals surface area contributed by atoms with E-state index in [0.717, 1.165) is 36.3 Å². The number of nitrogens with two attached hydrogens (primary N) is 1. The monoisotopic (exact) mass is 233 g/mol. The van der Waals surface area contributed by atoms with Gasteiger partial charge >= 0.3 is 0 Å². The normalized spacial score (nSPS) is 24.4. The van der Waals surface area contributed by atoms with Gasteiger partial charge in [0, 0.05) is 42.3 Å². The van der Waals surface area contributed by atoms with Gasteiger partial charge in [-0.05, 0) is 31.7 Å². The number of pyridine rings is 1. The Morgan fingerprint density at radius 3 is 2.41 bits per heavy atom. The maximum atomic E-state index is 5.87. The molecule has 0 aliphatic carbocycles. The first-order chi connectivity index (χ1) is 8.02. The Labute approximate surface area is 104 Å². The Hall–Kier alpha value is -1.09. The molecule has 1 fully saturated rings. The van der Waals surface area contributed by atoms with Gasteiger partial charge in [-0.1, -0.05) is 13.8 Å². The summed E-state index contributed by atoms with van der Waals surface area (Å²) < 4.78 is 0. The molecule has 1 saturated heterocycles. The van der Waals surface area contributed by atoms with Crippen LogP contribution in [-0.4, -0.2) is 18.1 Å². The van der Waals surface area contributed by atoms with Gasteiger partial charge in [0.15, 0.2) is 0 Å². The molecule has 3 heteroatoms. The van der Waals surface area contributed by atoms with Gasteiger partial charge in [-0.25, -0.2) is 0 Å². The van der Waals surface area contributed by atoms with Crippen molar-refractivity contribution < 1.29 is 0 Å². The summed E-state index contributed by atoms with van der Waals surface area (Å²) in [6, 6.07) is 2.18. The number of rotatable bonds is 2. The molecule has 0 aromatic carbocycles. The molecule has 94 valence electrons. The minimum atomic E-state index is 0.577. The lowest BCUT2D eigenvalue weighted by molar-refractivity contribution is 0.494. The molecule has 0 amide bonds. The number of hydrogen-bond donors (Lipinski definition) is 1. The average molecular weight is 233 g/mol. The van der Waals surface area contributed by atoms with Crippen LogP contribution in [0, 0.1) is 25.7 Å². The molecule has 3 nitrogen and oxygen atoms in total. The van der Waals surface area contributed by atoms with E-state index in [4.69, 9.17) is 5.73 Å². The number of hydrogen-bond acceptors (Lipinski definition) is 3. The molecule has 2 heterocycles. The largest absolute Gasteiger partial charge is 0.371 e. The summed E-state index contributed by atoms with van der Waals surface area (Å²) in [6.45, 7) is 11.6. The standard InChI is InChI=1S/C14H23N3/c1-9-7-17(8-10(9)2)14-5-11(3)16-12(4)13(14)6-15/h5,9-10H,6-8,15H2,1-4H3. The first kappa shape index (κ1) is 12.4. The summed E-state index contributed by atoms with van der Waals surface area (Å²) in [5, 5.41) is 0. The third kappa shape index (κ3) is 2.29. The lowest BCUT2D eigenvalue weighted by atomic mass is 10.0. The van der Waals surface area contributed by atoms with Crippen LogP contribution in [0.15, 0.2) is 6.07 Å². The van der Waals surface area contributed by atoms with Crippen molar-refractivity contribution >= 4 is 5.69 Å². The van der Waals surface area contributed by atoms with Crippen LogP contribution in [-0.2, 0) is 6.54 Å². The molecule has 1 aromatic rings. The highest BCUT2D eigenvalue weighted by Gasteiger charge is 2.27. The zero-order valence-electron chi connectivity index (χ0n) is 11.3. The van der Waals surface area contributed by atoms with Crippen molar-refractivity contribution in [3.63, 3.8) is 0 Å². The Bertz CT molecular complexity index is 404. The molecule has 2 N–H and O–H groups in total. The molecule has 1 aromatic heterocycles. The van der Waals surface area contributed by atoms with Crippen molar-refractivity contribution in [3.05, 3.63) is 23.0 Å². The molecule has 17 heavy (non-hydrogen) atoms. The third-order valence-electron chi connectivity index (χ3n) is 3.97. The molecular formula is C14H23N3. The Balaban J connectivity index is 2.38. The zero-order chi connectivity index (χ0) is 12.6. The molecule has 0 radical (unpaired) electrons. The Morgan fingerprint density at radius 1 is 1.29 bits per heavy atom. The summed E-state index contributed by atoms with van der Waals surface area (Å²) in [6.07, 6.45) is 0. The second kappa shape index (κ2) is 4.65. The topological polar surface area (TPSA) is 42.1 Å². The van der Waals surface area contributed by atoms with Gasteiger partial charge in [0.05, 0.1) is 0 Å². The van der Waals surface area contributed by atoms with E-state index in [-0.39, 0.29) is 0 Å². The van der Waals surface area contributed by atoms with E-state index >= 15 is 0 Å². The highest BCUT2D eigenvalue weighted by molar-refractivity contribution is 5.56. The fourth-order valence-corrected chi connectivity index (χ4v) is 2.70. The molecule has 1 aliphatic heterocycles. The molecular weight excluding hydrogens is 210 g/mol. The van der Waals surface area contributed by atoms with E-state index in [1.54, 1.807) is 0 Å². The van der Waals surface area contributed by atoms with E-state index in [1.807, 2.05) is 0 Å². The smallest absolute Gasteiger partial charge is 0.0448 e. The number of nitrogens with zero attached hydrogens (tertiary/aromatic N) is 2. The number of anilines is 1. The summed E-state index contributed by atoms with van der Waals surface area (Å²) in [5.41, 5.74) is 10.5. The van der Waals surface area contributed by atoms with E-state index in [0.29, 0.717) is 6.54 Å². The van der Waals surface area contributed by atoms with E-state index in [9.17, 15) is 0 Å². The molecule has 2 unspecified atom stereocenters. The molecule has 2 atom stereocenters. The van der Waals surface area contributed by atoms with Crippen LogP contribution < -0.4 is 10.6 Å². The maximum Gasteiger partial charge on any atom is 0.0448 e. The van der Waals surface area contributed by atoms with Gasteiger partial charge in [-0.15, -0.1) is 0 Å². The highest BCUT2D eigenvalue weighted by atomic mass is 15.2. The summed E-state index contributed by atoms with van der Waals surface area (Å²) in [5.74, 6) is 1.52. The van der Waals surface area contributed by atoms with Gasteiger partial charge < -0.3 is 10.6 Å². The van der Waals surface area contributed by atoms with E-state index < -0.39 is 0 Å². The van der Waals surface area contributed by atoms with Crippen LogP contribution in [0.5, 0.6) is 0 Å². The first-order valence-electron chi connectivity index (χ1n) is 6.45. The highest BCUT2D eigenvalue weighted by Crippen LogP contribution is 2.31. The zero-order valence-corrected chi connectivity index (χ0v) is 11.3. The van der Waals surface area contributed by atoms with Crippen LogP contribution in [0.2, 0.25) is 0 Å². The van der Waals surface area contributed by atoms with Crippen LogP contribution >= 0.6 is 0 Å². The summed E-state index contributed by atoms with van der Waals surface area (Å²) >= 11 is 0. The fourth-order valence-electron chi connectivity index (χ4n) is 2.70. The van der Waals surface area contributed by atoms with Gasteiger partial charge in [0.1, 0.15) is 0 Å². The quantitative estimate of drug-likeness (QED) is 0.852. The summed E-state index contributed by atoms with van der Waals surface area (Å²) in [4.78, 5) is 6.98. The fraction of sp³-hybridized carbons (Fsp3) is 0.643. The lowest BCUT2D eigenvalue weighted by Crippen LogP contribution is -2.23. The van der Waals surface area contributed by atoms with Crippen molar-refractivity contribution in [1.29, 1.82) is 0 Å². The van der Waals surface area contributed by atoms with Crippen LogP contribution in [0.4, 0.5) is 5.69 Å². The van der Waals surface area contributed by atoms with Crippen LogP contribution in [0.3, 0.4) is 0 Å². The average Bonchev–Trinajstić information content (AvgIpc) is 2.58. The van der Waals surface area contributed by atoms with Crippen molar-refractivity contribution in [2.24, 2.45) is 17.6 Å². The van der Waals surface area contributed by atoms with E-state index in [2.05, 4.69) is 43.6 Å². The van der Waals surface area contributed by atoms with Crippen molar-refractivity contribution in [2.75, 3.05) is 18.0 Å². The minimum Gasteiger partial charge on any atom is -0.371 e. The van der Waals surface area contributed by atoms with Gasteiger partial charge in [0.2, 0.25) is 0 Å². The Kier molecular flexibility index (Phi) is 3.38. The van der Waals surface area contributed by atoms with Crippen molar-refractivity contribution in [3.8, 4) is 0 Å². The number of aromatic nitrogens is 1. The van der Waals surface area contributed by atoms with Crippen molar-refractivity contribution in [1.82, 2.24) is 4.98 Å². The third-order valence-corrected chi connectivity index (χ3v) is 3.97. The second-order valence-electron chi connectivity index (χ2n) is 5.41. The van der Waals surface area contributed by atoms with Crippen molar-refractivity contribution in [2.45, 2.75) is 34.2 Å². The van der Waals surface area contributed by atoms with Gasteiger partial charge in [-0.3, -0.25) is 4.98 Å². The van der Waals surface area contributed by atoms with Crippen LogP contribution in [0.1, 0.15) is 30.8 Å². The molecule has 0 bridgehead atoms. The van der Waals surface area contributed by atoms with Gasteiger partial charge in [0.25, 0.3) is 0 Å². The molecule has 0 saturated carbocycles. The minimum absolute atomic E-state index is 0.577. The maximum absolute atomic E-state index is 5.87. The summed E-state index contributed by atoms with van der Waals surface area (Å²) in [7, 11) is 0. The van der Waals surface area contributed by atoms with Crippen LogP contribution in [0.25, 0.3) is 0 Å². The van der Waals surface area contributed by atoms with E-state index in [1.165, 1.54) is 11.3 Å². The van der Waals surface area contributed by atoms with Gasteiger partial charge in [-0.2, -0.15) is 0 Å². The Morgan fingerprint density at radius 2 is 1.88 bits per heavy atom. The first-order valence-corrected chi connectivity index (χ1v) is 6.45.